The molecular formula is C18H15ClN2O3. The van der Waals surface area contributed by atoms with E-state index in [1.165, 1.54) is 4.90 Å². The summed E-state index contributed by atoms with van der Waals surface area (Å²) in [5, 5.41) is 1.79. The van der Waals surface area contributed by atoms with E-state index in [0.717, 1.165) is 10.8 Å². The second kappa shape index (κ2) is 5.92. The second-order valence-corrected chi connectivity index (χ2v) is 6.08. The van der Waals surface area contributed by atoms with Crippen molar-refractivity contribution in [2.75, 3.05) is 31.2 Å². The molecule has 2 amide bonds. The minimum absolute atomic E-state index is 0.0187. The van der Waals surface area contributed by atoms with E-state index in [2.05, 4.69) is 0 Å². The third-order valence-electron chi connectivity index (χ3n) is 4.34. The Labute approximate surface area is 144 Å². The highest BCUT2D eigenvalue weighted by Gasteiger charge is 2.42. The lowest BCUT2D eigenvalue weighted by Gasteiger charge is -2.29. The summed E-state index contributed by atoms with van der Waals surface area (Å²) in [6.45, 7) is 2.13. The number of halogens is 1. The molecule has 2 aliphatic heterocycles. The zero-order valence-electron chi connectivity index (χ0n) is 12.9. The summed E-state index contributed by atoms with van der Waals surface area (Å²) in [5.41, 5.74) is 0.836. The highest BCUT2D eigenvalue weighted by Crippen LogP contribution is 2.35. The monoisotopic (exact) mass is 342 g/mol. The molecule has 4 rings (SSSR count). The van der Waals surface area contributed by atoms with Crippen LogP contribution in [-0.4, -0.2) is 43.0 Å². The van der Waals surface area contributed by atoms with Gasteiger partial charge in [-0.05, 0) is 11.5 Å². The van der Waals surface area contributed by atoms with Crippen LogP contribution in [0.5, 0.6) is 0 Å². The van der Waals surface area contributed by atoms with Gasteiger partial charge in [0.05, 0.1) is 18.9 Å². The van der Waals surface area contributed by atoms with Crippen molar-refractivity contribution >= 4 is 39.9 Å². The van der Waals surface area contributed by atoms with Gasteiger partial charge in [0.25, 0.3) is 11.8 Å². The molecule has 5 nitrogen and oxygen atoms in total. The molecule has 1 saturated heterocycles. The lowest BCUT2D eigenvalue weighted by Crippen LogP contribution is -2.40. The van der Waals surface area contributed by atoms with Crippen LogP contribution in [0.3, 0.4) is 0 Å². The topological polar surface area (TPSA) is 49.9 Å². The number of fused-ring (bicyclic) bond motifs is 1. The van der Waals surface area contributed by atoms with Crippen LogP contribution in [-0.2, 0) is 14.3 Å². The third-order valence-corrected chi connectivity index (χ3v) is 4.68. The van der Waals surface area contributed by atoms with Gasteiger partial charge in [0.1, 0.15) is 10.7 Å². The van der Waals surface area contributed by atoms with Gasteiger partial charge in [0, 0.05) is 18.5 Å². The molecule has 2 aromatic rings. The Morgan fingerprint density at radius 2 is 1.62 bits per heavy atom. The van der Waals surface area contributed by atoms with Crippen LogP contribution >= 0.6 is 11.6 Å². The predicted molar refractivity (Wildman–Crippen MR) is 91.7 cm³/mol. The minimum atomic E-state index is -0.473. The molecule has 0 radical (unpaired) electrons. The van der Waals surface area contributed by atoms with Crippen LogP contribution in [0.1, 0.15) is 0 Å². The number of carbonyl (C=O) groups is 2. The summed E-state index contributed by atoms with van der Waals surface area (Å²) < 4.78 is 5.31. The molecule has 0 aromatic heterocycles. The lowest BCUT2D eigenvalue weighted by molar-refractivity contribution is -0.121. The molecule has 0 spiro atoms. The molecule has 0 N–H and O–H groups in total. The Morgan fingerprint density at radius 1 is 0.917 bits per heavy atom. The number of imide groups is 1. The average Bonchev–Trinajstić information content (AvgIpc) is 2.84. The molecule has 1 fully saturated rings. The number of carbonyl (C=O) groups excluding carboxylic acids is 2. The third kappa shape index (κ3) is 2.28. The standard InChI is InChI=1S/C18H15ClN2O3/c19-15-16(20-8-10-24-11-9-20)18(23)21(17(15)22)14-7-3-5-12-4-1-2-6-13(12)14/h1-7H,8-11H2. The SMILES string of the molecule is O=C1C(Cl)=C(N2CCOCC2)C(=O)N1c1cccc2ccccc12. The zero-order valence-corrected chi connectivity index (χ0v) is 13.6. The molecule has 122 valence electrons. The van der Waals surface area contributed by atoms with Gasteiger partial charge in [-0.25, -0.2) is 4.90 Å². The molecule has 0 saturated carbocycles. The maximum atomic E-state index is 13.0. The number of hydrogen-bond donors (Lipinski definition) is 0. The van der Waals surface area contributed by atoms with Crippen LogP contribution < -0.4 is 4.90 Å². The summed E-state index contributed by atoms with van der Waals surface area (Å²) in [7, 11) is 0. The van der Waals surface area contributed by atoms with Crippen LogP contribution in [0.25, 0.3) is 10.8 Å². The van der Waals surface area contributed by atoms with Crippen molar-refractivity contribution < 1.29 is 14.3 Å². The van der Waals surface area contributed by atoms with Crippen LogP contribution in [0, 0.1) is 0 Å². The first-order valence-corrected chi connectivity index (χ1v) is 8.15. The molecule has 0 bridgehead atoms. The number of benzene rings is 2. The van der Waals surface area contributed by atoms with Crippen molar-refractivity contribution in [3.8, 4) is 0 Å². The Bertz CT molecular complexity index is 866. The molecule has 2 aliphatic rings. The summed E-state index contributed by atoms with van der Waals surface area (Å²) in [4.78, 5) is 28.6. The van der Waals surface area contributed by atoms with E-state index >= 15 is 0 Å². The van der Waals surface area contributed by atoms with Crippen molar-refractivity contribution in [2.45, 2.75) is 0 Å². The largest absolute Gasteiger partial charge is 0.378 e. The number of ether oxygens (including phenoxy) is 1. The Hall–Kier alpha value is -2.37. The zero-order chi connectivity index (χ0) is 16.7. The fourth-order valence-electron chi connectivity index (χ4n) is 3.17. The first-order chi connectivity index (χ1) is 11.7. The van der Waals surface area contributed by atoms with Gasteiger partial charge in [0.15, 0.2) is 0 Å². The number of morpholine rings is 1. The van der Waals surface area contributed by atoms with Crippen molar-refractivity contribution in [1.82, 2.24) is 4.90 Å². The fourth-order valence-corrected chi connectivity index (χ4v) is 3.46. The maximum Gasteiger partial charge on any atom is 0.283 e. The number of anilines is 1. The number of amides is 2. The van der Waals surface area contributed by atoms with Gasteiger partial charge in [-0.2, -0.15) is 0 Å². The van der Waals surface area contributed by atoms with Gasteiger partial charge in [-0.3, -0.25) is 9.59 Å². The smallest absolute Gasteiger partial charge is 0.283 e. The van der Waals surface area contributed by atoms with E-state index < -0.39 is 5.91 Å². The molecule has 6 heteroatoms. The van der Waals surface area contributed by atoms with Gasteiger partial charge >= 0.3 is 0 Å². The van der Waals surface area contributed by atoms with Crippen LogP contribution in [0.4, 0.5) is 5.69 Å². The minimum Gasteiger partial charge on any atom is -0.378 e. The number of nitrogens with zero attached hydrogens (tertiary/aromatic N) is 2. The Balaban J connectivity index is 1.78. The lowest BCUT2D eigenvalue weighted by atomic mass is 10.1. The van der Waals surface area contributed by atoms with E-state index in [-0.39, 0.29) is 16.6 Å². The van der Waals surface area contributed by atoms with Crippen molar-refractivity contribution in [1.29, 1.82) is 0 Å². The van der Waals surface area contributed by atoms with E-state index in [9.17, 15) is 9.59 Å². The van der Waals surface area contributed by atoms with Crippen molar-refractivity contribution in [3.05, 3.63) is 53.2 Å². The molecule has 0 unspecified atom stereocenters. The normalized spacial score (nSPS) is 18.9. The summed E-state index contributed by atoms with van der Waals surface area (Å²) in [5.74, 6) is -0.845. The van der Waals surface area contributed by atoms with E-state index in [1.807, 2.05) is 41.3 Å². The quantitative estimate of drug-likeness (QED) is 0.787. The first-order valence-electron chi connectivity index (χ1n) is 7.77. The van der Waals surface area contributed by atoms with Crippen molar-refractivity contribution in [2.24, 2.45) is 0 Å². The average molecular weight is 343 g/mol. The molecule has 2 aromatic carbocycles. The van der Waals surface area contributed by atoms with E-state index in [4.69, 9.17) is 16.3 Å². The van der Waals surface area contributed by atoms with Gasteiger partial charge in [0.2, 0.25) is 0 Å². The summed E-state index contributed by atoms with van der Waals surface area (Å²) >= 11 is 6.24. The fraction of sp³-hybridized carbons (Fsp3) is 0.222. The van der Waals surface area contributed by atoms with E-state index in [1.54, 1.807) is 6.07 Å². The second-order valence-electron chi connectivity index (χ2n) is 5.71. The molecule has 24 heavy (non-hydrogen) atoms. The maximum absolute atomic E-state index is 13.0. The van der Waals surface area contributed by atoms with Crippen LogP contribution in [0.2, 0.25) is 0 Å². The summed E-state index contributed by atoms with van der Waals surface area (Å²) in [6, 6.07) is 13.2. The highest BCUT2D eigenvalue weighted by molar-refractivity contribution is 6.53. The summed E-state index contributed by atoms with van der Waals surface area (Å²) in [6.07, 6.45) is 0. The first kappa shape index (κ1) is 15.2. The molecule has 2 heterocycles. The van der Waals surface area contributed by atoms with E-state index in [0.29, 0.717) is 32.0 Å². The van der Waals surface area contributed by atoms with Gasteiger partial charge in [-0.15, -0.1) is 0 Å². The number of hydrogen-bond acceptors (Lipinski definition) is 4. The van der Waals surface area contributed by atoms with Crippen LogP contribution in [0.15, 0.2) is 53.2 Å². The highest BCUT2D eigenvalue weighted by atomic mass is 35.5. The number of rotatable bonds is 2. The van der Waals surface area contributed by atoms with Gasteiger partial charge in [-0.1, -0.05) is 48.0 Å². The Morgan fingerprint density at radius 3 is 2.42 bits per heavy atom. The van der Waals surface area contributed by atoms with Gasteiger partial charge < -0.3 is 9.64 Å². The molecule has 0 aliphatic carbocycles. The molecular weight excluding hydrogens is 328 g/mol. The Kier molecular flexibility index (Phi) is 3.75. The predicted octanol–water partition coefficient (Wildman–Crippen LogP) is 2.50. The molecule has 0 atom stereocenters. The van der Waals surface area contributed by atoms with Crippen molar-refractivity contribution in [3.63, 3.8) is 0 Å².